The average Bonchev–Trinajstić information content (AvgIpc) is 3.19. The van der Waals surface area contributed by atoms with Crippen LogP contribution in [0.4, 0.5) is 5.95 Å². The first-order chi connectivity index (χ1) is 14.0. The molecule has 0 atom stereocenters. The summed E-state index contributed by atoms with van der Waals surface area (Å²) in [7, 11) is 1.53. The molecule has 1 heterocycles. The van der Waals surface area contributed by atoms with Gasteiger partial charge in [0.2, 0.25) is 6.33 Å². The monoisotopic (exact) mass is 388 g/mol. The molecule has 0 unspecified atom stereocenters. The van der Waals surface area contributed by atoms with E-state index in [1.165, 1.54) is 12.1 Å². The van der Waals surface area contributed by atoms with E-state index >= 15 is 0 Å². The fourth-order valence-corrected chi connectivity index (χ4v) is 3.08. The fraction of sp³-hybridized carbons (Fsp3) is 0.100. The molecule has 0 N–H and O–H groups in total. The maximum atomic E-state index is 12.4. The molecule has 0 bridgehead atoms. The molecule has 4 rings (SSSR count). The molecule has 0 saturated carbocycles. The maximum absolute atomic E-state index is 12.4. The molecule has 0 aliphatic heterocycles. The molecular formula is C20H16N6O3. The minimum absolute atomic E-state index is 0.203. The van der Waals surface area contributed by atoms with E-state index in [1.807, 2.05) is 48.5 Å². The predicted octanol–water partition coefficient (Wildman–Crippen LogP) is 2.99. The van der Waals surface area contributed by atoms with Crippen LogP contribution < -0.4 is 0 Å². The molecule has 1 aromatic heterocycles. The number of nitro groups is 1. The summed E-state index contributed by atoms with van der Waals surface area (Å²) in [4.78, 5) is 25.9. The van der Waals surface area contributed by atoms with Gasteiger partial charge in [0, 0.05) is 17.7 Å². The summed E-state index contributed by atoms with van der Waals surface area (Å²) in [5.74, 6) is -0.934. The molecule has 1 amide bonds. The molecule has 0 aliphatic rings. The van der Waals surface area contributed by atoms with E-state index < -0.39 is 10.9 Å². The lowest BCUT2D eigenvalue weighted by Gasteiger charge is -2.11. The second-order valence-corrected chi connectivity index (χ2v) is 6.39. The lowest BCUT2D eigenvalue weighted by atomic mass is 9.97. The lowest BCUT2D eigenvalue weighted by Crippen LogP contribution is -2.26. The molecule has 0 fully saturated rings. The quantitative estimate of drug-likeness (QED) is 0.226. The first kappa shape index (κ1) is 18.2. The predicted molar refractivity (Wildman–Crippen MR) is 108 cm³/mol. The third-order valence-electron chi connectivity index (χ3n) is 4.52. The van der Waals surface area contributed by atoms with Crippen molar-refractivity contribution in [2.24, 2.45) is 5.10 Å². The Bertz CT molecular complexity index is 1210. The highest BCUT2D eigenvalue weighted by atomic mass is 16.6. The van der Waals surface area contributed by atoms with Gasteiger partial charge in [0.25, 0.3) is 5.91 Å². The molecule has 4 aromatic rings. The Balaban J connectivity index is 1.62. The molecule has 9 nitrogen and oxygen atoms in total. The molecular weight excluding hydrogens is 372 g/mol. The van der Waals surface area contributed by atoms with Gasteiger partial charge in [-0.1, -0.05) is 53.5 Å². The molecule has 29 heavy (non-hydrogen) atoms. The smallest absolute Gasteiger partial charge is 0.390 e. The highest BCUT2D eigenvalue weighted by molar-refractivity contribution is 6.13. The fourth-order valence-electron chi connectivity index (χ4n) is 3.08. The van der Waals surface area contributed by atoms with Crippen molar-refractivity contribution in [1.29, 1.82) is 0 Å². The van der Waals surface area contributed by atoms with Crippen LogP contribution in [0.2, 0.25) is 0 Å². The zero-order valence-corrected chi connectivity index (χ0v) is 15.5. The SMILES string of the molecule is CN(/N=C\c1c2ccccc2cc2ccccc12)C(=O)Cn1cnc([N+](=O)[O-])n1. The van der Waals surface area contributed by atoms with E-state index in [4.69, 9.17) is 0 Å². The number of nitrogens with zero attached hydrogens (tertiary/aromatic N) is 6. The highest BCUT2D eigenvalue weighted by Gasteiger charge is 2.17. The Morgan fingerprint density at radius 1 is 1.17 bits per heavy atom. The number of carbonyl (C=O) groups excluding carboxylic acids is 1. The van der Waals surface area contributed by atoms with Crippen LogP contribution in [-0.2, 0) is 11.3 Å². The second-order valence-electron chi connectivity index (χ2n) is 6.39. The number of rotatable bonds is 5. The zero-order chi connectivity index (χ0) is 20.4. The lowest BCUT2D eigenvalue weighted by molar-refractivity contribution is -0.394. The summed E-state index contributed by atoms with van der Waals surface area (Å²) in [5, 5.41) is 24.0. The number of hydrazone groups is 1. The van der Waals surface area contributed by atoms with Crippen molar-refractivity contribution in [2.45, 2.75) is 6.54 Å². The Morgan fingerprint density at radius 2 is 1.79 bits per heavy atom. The van der Waals surface area contributed by atoms with Crippen molar-refractivity contribution in [1.82, 2.24) is 19.8 Å². The number of likely N-dealkylation sites (N-methyl/N-ethyl adjacent to an activating group) is 1. The number of hydrogen-bond donors (Lipinski definition) is 0. The average molecular weight is 388 g/mol. The minimum Gasteiger partial charge on any atom is -0.390 e. The third-order valence-corrected chi connectivity index (χ3v) is 4.52. The molecule has 0 saturated heterocycles. The summed E-state index contributed by atoms with van der Waals surface area (Å²) in [6.45, 7) is -0.203. The highest BCUT2D eigenvalue weighted by Crippen LogP contribution is 2.27. The van der Waals surface area contributed by atoms with Gasteiger partial charge in [-0.2, -0.15) is 9.78 Å². The molecule has 0 spiro atoms. The van der Waals surface area contributed by atoms with Crippen LogP contribution in [-0.4, -0.2) is 43.9 Å². The first-order valence-electron chi connectivity index (χ1n) is 8.78. The number of fused-ring (bicyclic) bond motifs is 2. The number of amides is 1. The number of benzene rings is 3. The molecule has 144 valence electrons. The minimum atomic E-state index is -0.714. The largest absolute Gasteiger partial charge is 0.490 e. The number of hydrogen-bond acceptors (Lipinski definition) is 6. The van der Waals surface area contributed by atoms with E-state index in [0.717, 1.165) is 38.1 Å². The molecule has 0 aliphatic carbocycles. The summed E-state index contributed by atoms with van der Waals surface area (Å²) in [5.41, 5.74) is 0.912. The zero-order valence-electron chi connectivity index (χ0n) is 15.5. The van der Waals surface area contributed by atoms with E-state index in [9.17, 15) is 14.9 Å². The Labute approximate surface area is 165 Å². The van der Waals surface area contributed by atoms with Gasteiger partial charge in [-0.25, -0.2) is 5.01 Å². The van der Waals surface area contributed by atoms with E-state index in [2.05, 4.69) is 21.3 Å². The van der Waals surface area contributed by atoms with Gasteiger partial charge in [0.05, 0.1) is 6.21 Å². The van der Waals surface area contributed by atoms with Crippen molar-refractivity contribution in [3.8, 4) is 0 Å². The van der Waals surface area contributed by atoms with Crippen LogP contribution in [0.25, 0.3) is 21.5 Å². The van der Waals surface area contributed by atoms with Crippen molar-refractivity contribution >= 4 is 39.6 Å². The van der Waals surface area contributed by atoms with Gasteiger partial charge in [-0.05, 0) is 32.5 Å². The first-order valence-corrected chi connectivity index (χ1v) is 8.78. The summed E-state index contributed by atoms with van der Waals surface area (Å²) in [6.07, 6.45) is 2.80. The molecule has 3 aromatic carbocycles. The number of aromatic nitrogens is 3. The standard InChI is InChI=1S/C20H16N6O3/c1-24(19(27)12-25-13-21-20(23-25)26(28)29)22-11-18-16-8-4-2-6-14(16)10-15-7-3-5-9-17(15)18/h2-11,13H,12H2,1H3/b22-11-. The van der Waals surface area contributed by atoms with Crippen molar-refractivity contribution in [2.75, 3.05) is 7.05 Å². The number of carbonyl (C=O) groups is 1. The third kappa shape index (κ3) is 3.65. The van der Waals surface area contributed by atoms with Crippen molar-refractivity contribution in [3.63, 3.8) is 0 Å². The molecule has 0 radical (unpaired) electrons. The van der Waals surface area contributed by atoms with E-state index in [1.54, 1.807) is 6.21 Å². The van der Waals surface area contributed by atoms with Gasteiger partial charge in [-0.3, -0.25) is 4.79 Å². The van der Waals surface area contributed by atoms with Gasteiger partial charge < -0.3 is 10.1 Å². The van der Waals surface area contributed by atoms with Crippen LogP contribution in [0.5, 0.6) is 0 Å². The second kappa shape index (κ2) is 7.47. The van der Waals surface area contributed by atoms with Crippen molar-refractivity contribution < 1.29 is 9.72 Å². The Hall–Kier alpha value is -4.14. The van der Waals surface area contributed by atoms with E-state index in [0.29, 0.717) is 0 Å². The summed E-state index contributed by atoms with van der Waals surface area (Å²) >= 11 is 0. The summed E-state index contributed by atoms with van der Waals surface area (Å²) in [6, 6.07) is 18.1. The van der Waals surface area contributed by atoms with Gasteiger partial charge in [0.1, 0.15) is 6.54 Å². The van der Waals surface area contributed by atoms with Crippen LogP contribution in [0, 0.1) is 10.1 Å². The maximum Gasteiger partial charge on any atom is 0.490 e. The van der Waals surface area contributed by atoms with E-state index in [-0.39, 0.29) is 12.5 Å². The Kier molecular flexibility index (Phi) is 4.70. The summed E-state index contributed by atoms with van der Waals surface area (Å²) < 4.78 is 1.11. The molecule has 9 heteroatoms. The van der Waals surface area contributed by atoms with Crippen LogP contribution in [0.15, 0.2) is 66.0 Å². The van der Waals surface area contributed by atoms with Crippen LogP contribution in [0.1, 0.15) is 5.56 Å². The van der Waals surface area contributed by atoms with Gasteiger partial charge in [0.15, 0.2) is 0 Å². The normalized spacial score (nSPS) is 11.3. The van der Waals surface area contributed by atoms with Crippen LogP contribution in [0.3, 0.4) is 0 Å². The topological polar surface area (TPSA) is 107 Å². The van der Waals surface area contributed by atoms with Crippen molar-refractivity contribution in [3.05, 3.63) is 76.6 Å². The van der Waals surface area contributed by atoms with Crippen LogP contribution >= 0.6 is 0 Å². The van der Waals surface area contributed by atoms with Gasteiger partial charge >= 0.3 is 5.95 Å². The Morgan fingerprint density at radius 3 is 2.38 bits per heavy atom. The van der Waals surface area contributed by atoms with Gasteiger partial charge in [-0.15, -0.1) is 0 Å².